The minimum atomic E-state index is -0.342. The fourth-order valence-electron chi connectivity index (χ4n) is 4.76. The van der Waals surface area contributed by atoms with Crippen LogP contribution < -0.4 is 21.7 Å². The lowest BCUT2D eigenvalue weighted by Crippen LogP contribution is -2.45. The maximum Gasteiger partial charge on any atom is 0.272 e. The number of pyridine rings is 1. The van der Waals surface area contributed by atoms with E-state index < -0.39 is 0 Å². The Kier molecular flexibility index (Phi) is 8.42. The van der Waals surface area contributed by atoms with Gasteiger partial charge in [-0.1, -0.05) is 49.4 Å². The summed E-state index contributed by atoms with van der Waals surface area (Å²) >= 11 is 0. The third-order valence-corrected chi connectivity index (χ3v) is 7.25. The van der Waals surface area contributed by atoms with Crippen molar-refractivity contribution in [1.29, 1.82) is 0 Å². The molecule has 206 valence electrons. The molecule has 2 aromatic heterocycles. The second-order valence-corrected chi connectivity index (χ2v) is 9.86. The van der Waals surface area contributed by atoms with Gasteiger partial charge in [0.15, 0.2) is 0 Å². The monoisotopic (exact) mass is 537 g/mol. The van der Waals surface area contributed by atoms with E-state index >= 15 is 0 Å². The smallest absolute Gasteiger partial charge is 0.272 e. The van der Waals surface area contributed by atoms with Gasteiger partial charge in [0.1, 0.15) is 0 Å². The number of anilines is 3. The van der Waals surface area contributed by atoms with Crippen molar-refractivity contribution in [3.8, 4) is 11.3 Å². The van der Waals surface area contributed by atoms with Crippen molar-refractivity contribution in [1.82, 2.24) is 24.8 Å². The zero-order chi connectivity index (χ0) is 28.1. The van der Waals surface area contributed by atoms with E-state index in [1.54, 1.807) is 18.5 Å². The van der Waals surface area contributed by atoms with E-state index in [-0.39, 0.29) is 5.91 Å². The van der Waals surface area contributed by atoms with Gasteiger partial charge in [-0.15, -0.1) is 0 Å². The highest BCUT2D eigenvalue weighted by Crippen LogP contribution is 2.27. The summed E-state index contributed by atoms with van der Waals surface area (Å²) in [4.78, 5) is 31.5. The molecule has 2 aromatic carbocycles. The van der Waals surface area contributed by atoms with Crippen LogP contribution in [0.4, 0.5) is 17.3 Å². The van der Waals surface area contributed by atoms with Gasteiger partial charge >= 0.3 is 0 Å². The Morgan fingerprint density at radius 1 is 0.925 bits per heavy atom. The van der Waals surface area contributed by atoms with Crippen molar-refractivity contribution >= 4 is 23.2 Å². The topological polar surface area (TPSA) is 121 Å². The molecule has 1 amide bonds. The van der Waals surface area contributed by atoms with Crippen molar-refractivity contribution in [3.05, 3.63) is 95.9 Å². The molecule has 0 unspecified atom stereocenters. The Hall–Kier alpha value is -4.22. The summed E-state index contributed by atoms with van der Waals surface area (Å²) in [6, 6.07) is 20.9. The molecule has 0 aliphatic carbocycles. The van der Waals surface area contributed by atoms with Crippen LogP contribution in [0.15, 0.2) is 79.1 Å². The van der Waals surface area contributed by atoms with Crippen LogP contribution in [-0.2, 0) is 6.54 Å². The molecule has 10 heteroatoms. The molecule has 0 radical (unpaired) electrons. The number of nitrogens with two attached hydrogens (primary N) is 2. The Morgan fingerprint density at radius 3 is 2.33 bits per heavy atom. The first-order valence-corrected chi connectivity index (χ1v) is 13.5. The van der Waals surface area contributed by atoms with Crippen molar-refractivity contribution in [3.63, 3.8) is 0 Å². The van der Waals surface area contributed by atoms with E-state index in [1.165, 1.54) is 10.6 Å². The third kappa shape index (κ3) is 6.16. The van der Waals surface area contributed by atoms with Crippen molar-refractivity contribution in [2.75, 3.05) is 42.7 Å². The number of carbonyl (C=O) groups is 1. The van der Waals surface area contributed by atoms with Gasteiger partial charge in [0.2, 0.25) is 5.95 Å². The molecule has 1 aliphatic rings. The second-order valence-electron chi connectivity index (χ2n) is 9.86. The van der Waals surface area contributed by atoms with E-state index in [2.05, 4.69) is 31.7 Å². The number of hydrogen-bond donors (Lipinski definition) is 2. The molecule has 10 nitrogen and oxygen atoms in total. The number of hydrogen-bond acceptors (Lipinski definition) is 9. The summed E-state index contributed by atoms with van der Waals surface area (Å²) in [7, 11) is 0. The van der Waals surface area contributed by atoms with Crippen LogP contribution >= 0.6 is 0 Å². The summed E-state index contributed by atoms with van der Waals surface area (Å²) in [6.45, 7) is 10.3. The third-order valence-electron chi connectivity index (χ3n) is 7.25. The maximum absolute atomic E-state index is 13.2. The Morgan fingerprint density at radius 2 is 1.62 bits per heavy atom. The average Bonchev–Trinajstić information content (AvgIpc) is 3.01. The molecule has 0 bridgehead atoms. The number of carbonyl (C=O) groups excluding carboxylic acids is 1. The number of aromatic nitrogens is 3. The molecular formula is C30H35N9O. The van der Waals surface area contributed by atoms with E-state index in [9.17, 15) is 4.79 Å². The molecular weight excluding hydrogens is 502 g/mol. The van der Waals surface area contributed by atoms with Crippen molar-refractivity contribution in [2.24, 2.45) is 11.7 Å². The predicted molar refractivity (Wildman–Crippen MR) is 158 cm³/mol. The number of amides is 1. The lowest BCUT2D eigenvalue weighted by atomic mass is 10.1. The standard InChI is InChI=1S/C30H35N9O/c1-3-36-15-17-37(18-16-36)21-23-9-11-25(12-10-23)29(40)38(31)26-19-28(22(2)34-20-26)39(32)30-33-14-13-27(35-30)24-7-5-4-6-8-24/h4-14,19-20H,3,15-18,21,31-32H2,1-2H3. The van der Waals surface area contributed by atoms with Crippen LogP contribution in [0.2, 0.25) is 0 Å². The maximum atomic E-state index is 13.2. The predicted octanol–water partition coefficient (Wildman–Crippen LogP) is 3.52. The highest BCUT2D eigenvalue weighted by atomic mass is 16.2. The highest BCUT2D eigenvalue weighted by molar-refractivity contribution is 6.05. The Balaban J connectivity index is 1.29. The number of hydrazine groups is 2. The zero-order valence-corrected chi connectivity index (χ0v) is 22.9. The van der Waals surface area contributed by atoms with Crippen LogP contribution in [0.5, 0.6) is 0 Å². The van der Waals surface area contributed by atoms with Gasteiger partial charge in [-0.3, -0.25) is 14.7 Å². The van der Waals surface area contributed by atoms with Gasteiger partial charge in [-0.2, -0.15) is 0 Å². The normalized spacial score (nSPS) is 14.2. The lowest BCUT2D eigenvalue weighted by molar-refractivity contribution is 0.0986. The lowest BCUT2D eigenvalue weighted by Gasteiger charge is -2.34. The van der Waals surface area contributed by atoms with Gasteiger partial charge in [-0.25, -0.2) is 31.7 Å². The summed E-state index contributed by atoms with van der Waals surface area (Å²) in [5.74, 6) is 12.7. The first kappa shape index (κ1) is 27.4. The molecule has 5 rings (SSSR count). The zero-order valence-electron chi connectivity index (χ0n) is 22.9. The summed E-state index contributed by atoms with van der Waals surface area (Å²) in [5, 5.41) is 2.44. The summed E-state index contributed by atoms with van der Waals surface area (Å²) in [5.41, 5.74) is 4.93. The minimum Gasteiger partial charge on any atom is -0.301 e. The number of nitrogens with zero attached hydrogens (tertiary/aromatic N) is 7. The molecule has 4 N–H and O–H groups in total. The van der Waals surface area contributed by atoms with E-state index in [0.29, 0.717) is 28.6 Å². The molecule has 0 saturated carbocycles. The van der Waals surface area contributed by atoms with Gasteiger partial charge in [0, 0.05) is 50.0 Å². The molecule has 0 spiro atoms. The first-order valence-electron chi connectivity index (χ1n) is 13.5. The quantitative estimate of drug-likeness (QED) is 0.198. The average molecular weight is 538 g/mol. The van der Waals surface area contributed by atoms with Gasteiger partial charge in [0.05, 0.1) is 29.0 Å². The first-order chi connectivity index (χ1) is 19.4. The highest BCUT2D eigenvalue weighted by Gasteiger charge is 2.20. The molecule has 1 saturated heterocycles. The fourth-order valence-corrected chi connectivity index (χ4v) is 4.76. The largest absolute Gasteiger partial charge is 0.301 e. The fraction of sp³-hybridized carbons (Fsp3) is 0.267. The minimum absolute atomic E-state index is 0.296. The van der Waals surface area contributed by atoms with Gasteiger partial charge < -0.3 is 4.90 Å². The van der Waals surface area contributed by atoms with Crippen molar-refractivity contribution in [2.45, 2.75) is 20.4 Å². The number of rotatable bonds is 8. The second kappa shape index (κ2) is 12.3. The Bertz CT molecular complexity index is 1440. The molecule has 1 fully saturated rings. The Labute approximate surface area is 234 Å². The molecule has 3 heterocycles. The SMILES string of the molecule is CCN1CCN(Cc2ccc(C(=O)N(N)c3cnc(C)c(N(N)c4nccc(-c5ccccc5)n4)c3)cc2)CC1. The number of likely N-dealkylation sites (N-methyl/N-ethyl adjacent to an activating group) is 1. The molecule has 4 aromatic rings. The molecule has 1 aliphatic heterocycles. The van der Waals surface area contributed by atoms with Crippen molar-refractivity contribution < 1.29 is 4.79 Å². The van der Waals surface area contributed by atoms with E-state index in [4.69, 9.17) is 11.7 Å². The van der Waals surface area contributed by atoms with Gasteiger partial charge in [-0.05, 0) is 43.3 Å². The summed E-state index contributed by atoms with van der Waals surface area (Å²) in [6.07, 6.45) is 3.21. The number of piperazine rings is 1. The van der Waals surface area contributed by atoms with Crippen LogP contribution in [0.25, 0.3) is 11.3 Å². The molecule has 40 heavy (non-hydrogen) atoms. The van der Waals surface area contributed by atoms with E-state index in [0.717, 1.165) is 55.5 Å². The summed E-state index contributed by atoms with van der Waals surface area (Å²) < 4.78 is 0. The van der Waals surface area contributed by atoms with Crippen LogP contribution in [0.1, 0.15) is 28.5 Å². The number of aryl methyl sites for hydroxylation is 1. The van der Waals surface area contributed by atoms with Crippen LogP contribution in [0, 0.1) is 6.92 Å². The van der Waals surface area contributed by atoms with Gasteiger partial charge in [0.25, 0.3) is 5.91 Å². The van der Waals surface area contributed by atoms with E-state index in [1.807, 2.05) is 67.6 Å². The molecule has 0 atom stereocenters. The number of benzene rings is 2. The van der Waals surface area contributed by atoms with Crippen LogP contribution in [-0.4, -0.2) is 63.4 Å². The van der Waals surface area contributed by atoms with Crippen LogP contribution in [0.3, 0.4) is 0 Å².